The van der Waals surface area contributed by atoms with Gasteiger partial charge >= 0.3 is 0 Å². The maximum Gasteiger partial charge on any atom is 0.114 e. The highest BCUT2D eigenvalue weighted by molar-refractivity contribution is 7.18. The SMILES string of the molecule is CCc1cccc2ccn(Cc3nc4ccccc4s3)c12. The lowest BCUT2D eigenvalue weighted by atomic mass is 10.1. The molecule has 4 aromatic rings. The number of aryl methyl sites for hydroxylation is 1. The fourth-order valence-electron chi connectivity index (χ4n) is 2.89. The minimum atomic E-state index is 0.847. The van der Waals surface area contributed by atoms with Crippen molar-refractivity contribution in [3.8, 4) is 0 Å². The molecule has 0 aliphatic rings. The van der Waals surface area contributed by atoms with Crippen LogP contribution in [0.4, 0.5) is 0 Å². The molecule has 0 aliphatic carbocycles. The molecule has 0 atom stereocenters. The Kier molecular flexibility index (Phi) is 3.00. The number of nitrogens with zero attached hydrogens (tertiary/aromatic N) is 2. The number of rotatable bonds is 3. The number of thiazole rings is 1. The summed E-state index contributed by atoms with van der Waals surface area (Å²) < 4.78 is 3.59. The van der Waals surface area contributed by atoms with Crippen LogP contribution in [-0.4, -0.2) is 9.55 Å². The van der Waals surface area contributed by atoms with Crippen LogP contribution in [0.25, 0.3) is 21.1 Å². The number of aromatic nitrogens is 2. The number of para-hydroxylation sites is 2. The maximum absolute atomic E-state index is 4.75. The quantitative estimate of drug-likeness (QED) is 0.527. The standard InChI is InChI=1S/C18H16N2S/c1-2-13-6-5-7-14-10-11-20(18(13)14)12-17-19-15-8-3-4-9-16(15)21-17/h3-11H,2,12H2,1H3. The van der Waals surface area contributed by atoms with Crippen molar-refractivity contribution in [1.82, 2.24) is 9.55 Å². The Morgan fingerprint density at radius 2 is 1.95 bits per heavy atom. The van der Waals surface area contributed by atoms with Crippen molar-refractivity contribution in [3.05, 3.63) is 65.3 Å². The monoisotopic (exact) mass is 292 g/mol. The zero-order valence-corrected chi connectivity index (χ0v) is 12.7. The van der Waals surface area contributed by atoms with Crippen molar-refractivity contribution >= 4 is 32.5 Å². The Morgan fingerprint density at radius 3 is 2.81 bits per heavy atom. The minimum absolute atomic E-state index is 0.847. The van der Waals surface area contributed by atoms with E-state index in [0.717, 1.165) is 18.5 Å². The summed E-state index contributed by atoms with van der Waals surface area (Å²) in [5.74, 6) is 0. The van der Waals surface area contributed by atoms with Crippen LogP contribution >= 0.6 is 11.3 Å². The first-order valence-electron chi connectivity index (χ1n) is 7.26. The molecule has 0 bridgehead atoms. The average Bonchev–Trinajstić information content (AvgIpc) is 3.11. The Labute approximate surface area is 127 Å². The molecule has 2 aromatic carbocycles. The lowest BCUT2D eigenvalue weighted by molar-refractivity contribution is 0.825. The van der Waals surface area contributed by atoms with E-state index in [2.05, 4.69) is 60.2 Å². The van der Waals surface area contributed by atoms with Crippen molar-refractivity contribution in [1.29, 1.82) is 0 Å². The minimum Gasteiger partial charge on any atom is -0.340 e. The van der Waals surface area contributed by atoms with Crippen molar-refractivity contribution in [2.24, 2.45) is 0 Å². The van der Waals surface area contributed by atoms with Crippen LogP contribution in [0.3, 0.4) is 0 Å². The zero-order chi connectivity index (χ0) is 14.2. The molecule has 104 valence electrons. The zero-order valence-electron chi connectivity index (χ0n) is 11.9. The van der Waals surface area contributed by atoms with Crippen LogP contribution in [0.5, 0.6) is 0 Å². The van der Waals surface area contributed by atoms with E-state index in [4.69, 9.17) is 4.98 Å². The van der Waals surface area contributed by atoms with E-state index < -0.39 is 0 Å². The molecule has 21 heavy (non-hydrogen) atoms. The predicted molar refractivity (Wildman–Crippen MR) is 90.0 cm³/mol. The lowest BCUT2D eigenvalue weighted by Crippen LogP contribution is -1.99. The first-order chi connectivity index (χ1) is 10.3. The summed E-state index contributed by atoms with van der Waals surface area (Å²) in [6.07, 6.45) is 3.23. The van der Waals surface area contributed by atoms with Gasteiger partial charge in [-0.15, -0.1) is 11.3 Å². The van der Waals surface area contributed by atoms with Gasteiger partial charge in [-0.2, -0.15) is 0 Å². The average molecular weight is 292 g/mol. The molecule has 4 rings (SSSR count). The maximum atomic E-state index is 4.75. The molecule has 0 fully saturated rings. The highest BCUT2D eigenvalue weighted by Gasteiger charge is 2.08. The van der Waals surface area contributed by atoms with Crippen LogP contribution in [-0.2, 0) is 13.0 Å². The van der Waals surface area contributed by atoms with Gasteiger partial charge in [-0.3, -0.25) is 0 Å². The summed E-state index contributed by atoms with van der Waals surface area (Å²) >= 11 is 1.79. The molecule has 0 amide bonds. The van der Waals surface area contributed by atoms with Crippen LogP contribution < -0.4 is 0 Å². The molecule has 3 heteroatoms. The van der Waals surface area contributed by atoms with E-state index in [0.29, 0.717) is 0 Å². The topological polar surface area (TPSA) is 17.8 Å². The second kappa shape index (κ2) is 5.01. The van der Waals surface area contributed by atoms with Gasteiger partial charge in [0.1, 0.15) is 5.01 Å². The second-order valence-corrected chi connectivity index (χ2v) is 6.34. The fourth-order valence-corrected chi connectivity index (χ4v) is 3.86. The van der Waals surface area contributed by atoms with Crippen molar-refractivity contribution in [2.75, 3.05) is 0 Å². The Bertz CT molecular complexity index is 884. The molecule has 0 unspecified atom stereocenters. The molecule has 0 N–H and O–H groups in total. The highest BCUT2D eigenvalue weighted by atomic mass is 32.1. The van der Waals surface area contributed by atoms with Gasteiger partial charge in [0.15, 0.2) is 0 Å². The number of hydrogen-bond acceptors (Lipinski definition) is 2. The molecule has 0 spiro atoms. The third-order valence-electron chi connectivity index (χ3n) is 3.90. The van der Waals surface area contributed by atoms with E-state index in [1.165, 1.54) is 26.2 Å². The third kappa shape index (κ3) is 2.14. The Morgan fingerprint density at radius 1 is 1.05 bits per heavy atom. The third-order valence-corrected chi connectivity index (χ3v) is 4.92. The summed E-state index contributed by atoms with van der Waals surface area (Å²) in [4.78, 5) is 4.75. The van der Waals surface area contributed by atoms with Gasteiger partial charge in [-0.25, -0.2) is 4.98 Å². The van der Waals surface area contributed by atoms with Gasteiger partial charge in [0.2, 0.25) is 0 Å². The van der Waals surface area contributed by atoms with Crippen molar-refractivity contribution in [3.63, 3.8) is 0 Å². The van der Waals surface area contributed by atoms with Gasteiger partial charge in [0, 0.05) is 6.20 Å². The van der Waals surface area contributed by atoms with Crippen LogP contribution in [0.15, 0.2) is 54.7 Å². The fraction of sp³-hybridized carbons (Fsp3) is 0.167. The number of benzene rings is 2. The molecule has 0 saturated heterocycles. The molecular formula is C18H16N2S. The molecule has 2 nitrogen and oxygen atoms in total. The first-order valence-corrected chi connectivity index (χ1v) is 8.08. The summed E-state index contributed by atoms with van der Waals surface area (Å²) in [5.41, 5.74) is 3.85. The number of hydrogen-bond donors (Lipinski definition) is 0. The van der Waals surface area contributed by atoms with E-state index in [9.17, 15) is 0 Å². The molecule has 0 radical (unpaired) electrons. The summed E-state index contributed by atoms with van der Waals surface area (Å²) in [6.45, 7) is 3.06. The highest BCUT2D eigenvalue weighted by Crippen LogP contribution is 2.25. The normalized spacial score (nSPS) is 11.5. The smallest absolute Gasteiger partial charge is 0.114 e. The molecular weight excluding hydrogens is 276 g/mol. The largest absolute Gasteiger partial charge is 0.340 e. The van der Waals surface area contributed by atoms with Gasteiger partial charge in [-0.1, -0.05) is 37.3 Å². The number of fused-ring (bicyclic) bond motifs is 2. The van der Waals surface area contributed by atoms with E-state index in [-0.39, 0.29) is 0 Å². The molecule has 2 heterocycles. The summed E-state index contributed by atoms with van der Waals surface area (Å²) in [7, 11) is 0. The second-order valence-electron chi connectivity index (χ2n) is 5.23. The summed E-state index contributed by atoms with van der Waals surface area (Å²) in [5, 5.41) is 2.48. The van der Waals surface area contributed by atoms with E-state index in [1.807, 2.05) is 6.07 Å². The molecule has 0 saturated carbocycles. The van der Waals surface area contributed by atoms with E-state index in [1.54, 1.807) is 11.3 Å². The van der Waals surface area contributed by atoms with Crippen LogP contribution in [0, 0.1) is 0 Å². The van der Waals surface area contributed by atoms with Gasteiger partial charge in [0.25, 0.3) is 0 Å². The molecule has 2 aromatic heterocycles. The van der Waals surface area contributed by atoms with Gasteiger partial charge in [-0.05, 0) is 35.6 Å². The first kappa shape index (κ1) is 12.6. The van der Waals surface area contributed by atoms with Gasteiger partial charge in [0.05, 0.1) is 22.3 Å². The summed E-state index contributed by atoms with van der Waals surface area (Å²) in [6, 6.07) is 17.1. The predicted octanol–water partition coefficient (Wildman–Crippen LogP) is 4.86. The van der Waals surface area contributed by atoms with Crippen molar-refractivity contribution < 1.29 is 0 Å². The Hall–Kier alpha value is -2.13. The van der Waals surface area contributed by atoms with Crippen LogP contribution in [0.2, 0.25) is 0 Å². The van der Waals surface area contributed by atoms with Crippen LogP contribution in [0.1, 0.15) is 17.5 Å². The van der Waals surface area contributed by atoms with Crippen molar-refractivity contribution in [2.45, 2.75) is 19.9 Å². The molecule has 0 aliphatic heterocycles. The van der Waals surface area contributed by atoms with Gasteiger partial charge < -0.3 is 4.57 Å². The Balaban J connectivity index is 1.80. The lowest BCUT2D eigenvalue weighted by Gasteiger charge is -2.07. The van der Waals surface area contributed by atoms with E-state index >= 15 is 0 Å².